The number of piperidine rings is 1. The molecular formula is C34H55NO6. The molecule has 2 heterocycles. The molecule has 0 spiro atoms. The summed E-state index contributed by atoms with van der Waals surface area (Å²) in [6.07, 6.45) is 11.4. The number of aliphatic hydroxyl groups is 1. The molecule has 6 fully saturated rings. The molecule has 41 heavy (non-hydrogen) atoms. The summed E-state index contributed by atoms with van der Waals surface area (Å²) < 4.78 is 17.3. The number of esters is 1. The van der Waals surface area contributed by atoms with Crippen molar-refractivity contribution in [2.75, 3.05) is 32.8 Å². The Kier molecular flexibility index (Phi) is 7.95. The Labute approximate surface area is 247 Å². The van der Waals surface area contributed by atoms with Crippen LogP contribution in [0.3, 0.4) is 0 Å². The minimum atomic E-state index is -0.509. The number of carbonyl (C=O) groups is 2. The molecule has 2 saturated heterocycles. The first-order chi connectivity index (χ1) is 19.3. The number of fused-ring (bicyclic) bond motifs is 5. The Balaban J connectivity index is 0.992. The molecule has 6 aliphatic rings. The van der Waals surface area contributed by atoms with E-state index in [9.17, 15) is 14.7 Å². The summed E-state index contributed by atoms with van der Waals surface area (Å²) in [7, 11) is 0. The van der Waals surface area contributed by atoms with Crippen LogP contribution in [0.2, 0.25) is 0 Å². The predicted octanol–water partition coefficient (Wildman–Crippen LogP) is 5.37. The van der Waals surface area contributed by atoms with Crippen molar-refractivity contribution in [2.45, 2.75) is 123 Å². The summed E-state index contributed by atoms with van der Waals surface area (Å²) >= 11 is 0. The molecule has 232 valence electrons. The monoisotopic (exact) mass is 573 g/mol. The smallest absolute Gasteiger partial charge is 0.309 e. The number of carbonyl (C=O) groups excluding carboxylic acids is 2. The summed E-state index contributed by atoms with van der Waals surface area (Å²) in [5.41, 5.74) is -0.148. The molecule has 7 nitrogen and oxygen atoms in total. The SMILES string of the molecule is CC1(C)OCC(CN2CCC(C(=O)OCC(=O)[C@H]3CC[C@H]4[C@@H]5CCC6C[C@](C)(O)CC[C@]6(C)C5CC[C@]34C)CC2)O1. The van der Waals surface area contributed by atoms with Crippen molar-refractivity contribution >= 4 is 11.8 Å². The van der Waals surface area contributed by atoms with Crippen molar-refractivity contribution in [3.8, 4) is 0 Å². The van der Waals surface area contributed by atoms with E-state index in [-0.39, 0.29) is 41.7 Å². The predicted molar refractivity (Wildman–Crippen MR) is 156 cm³/mol. The number of nitrogens with zero attached hydrogens (tertiary/aromatic N) is 1. The number of hydrogen-bond acceptors (Lipinski definition) is 7. The van der Waals surface area contributed by atoms with Crippen LogP contribution in [0.25, 0.3) is 0 Å². The summed E-state index contributed by atoms with van der Waals surface area (Å²) in [5, 5.41) is 10.8. The fourth-order valence-electron chi connectivity index (χ4n) is 10.8. The minimum Gasteiger partial charge on any atom is -0.457 e. The van der Waals surface area contributed by atoms with Crippen molar-refractivity contribution in [1.82, 2.24) is 4.90 Å². The summed E-state index contributed by atoms with van der Waals surface area (Å²) in [5.74, 6) is 1.96. The van der Waals surface area contributed by atoms with E-state index in [0.29, 0.717) is 35.7 Å². The van der Waals surface area contributed by atoms with Gasteiger partial charge in [-0.1, -0.05) is 13.8 Å². The standard InChI is InChI=1S/C34H55NO6/c1-31(2)40-20-24(41-31)19-35-16-11-22(12-17-35)30(37)39-21-29(36)28-9-8-26-25-7-6-23-18-32(3,38)14-15-33(23,4)27(25)10-13-34(26,28)5/h22-28,38H,6-21H2,1-5H3/t23?,24?,25-,26-,27?,28+,32+,33-,34-/m0/s1. The van der Waals surface area contributed by atoms with Gasteiger partial charge in [0, 0.05) is 12.5 Å². The van der Waals surface area contributed by atoms with E-state index in [1.165, 1.54) is 19.3 Å². The van der Waals surface area contributed by atoms with Crippen LogP contribution in [0.1, 0.15) is 105 Å². The molecule has 1 N–H and O–H groups in total. The lowest BCUT2D eigenvalue weighted by atomic mass is 9.44. The van der Waals surface area contributed by atoms with Gasteiger partial charge < -0.3 is 24.2 Å². The van der Waals surface area contributed by atoms with E-state index in [2.05, 4.69) is 18.7 Å². The fraction of sp³-hybridized carbons (Fsp3) is 0.941. The highest BCUT2D eigenvalue weighted by Crippen LogP contribution is 2.68. The van der Waals surface area contributed by atoms with Gasteiger partial charge in [-0.05, 0) is 139 Å². The Morgan fingerprint density at radius 3 is 2.32 bits per heavy atom. The quantitative estimate of drug-likeness (QED) is 0.428. The van der Waals surface area contributed by atoms with Gasteiger partial charge >= 0.3 is 5.97 Å². The highest BCUT2D eigenvalue weighted by molar-refractivity contribution is 5.85. The van der Waals surface area contributed by atoms with E-state index in [1.54, 1.807) is 0 Å². The largest absolute Gasteiger partial charge is 0.457 e. The van der Waals surface area contributed by atoms with Gasteiger partial charge in [-0.15, -0.1) is 0 Å². The van der Waals surface area contributed by atoms with Crippen LogP contribution in [0, 0.1) is 46.3 Å². The molecule has 9 atom stereocenters. The van der Waals surface area contributed by atoms with Gasteiger partial charge in [0.2, 0.25) is 0 Å². The molecular weight excluding hydrogens is 518 g/mol. The van der Waals surface area contributed by atoms with E-state index in [1.807, 2.05) is 20.8 Å². The molecule has 0 amide bonds. The highest BCUT2D eigenvalue weighted by Gasteiger charge is 2.61. The second-order valence-electron chi connectivity index (χ2n) is 16.1. The van der Waals surface area contributed by atoms with Crippen LogP contribution >= 0.6 is 0 Å². The molecule has 0 bridgehead atoms. The number of hydrogen-bond donors (Lipinski definition) is 1. The number of rotatable bonds is 6. The van der Waals surface area contributed by atoms with Gasteiger partial charge in [0.25, 0.3) is 0 Å². The third-order valence-corrected chi connectivity index (χ3v) is 13.1. The molecule has 4 saturated carbocycles. The fourth-order valence-corrected chi connectivity index (χ4v) is 10.8. The zero-order valence-electron chi connectivity index (χ0n) is 26.3. The highest BCUT2D eigenvalue weighted by atomic mass is 16.7. The number of ether oxygens (including phenoxy) is 3. The van der Waals surface area contributed by atoms with Crippen LogP contribution in [-0.2, 0) is 23.8 Å². The van der Waals surface area contributed by atoms with Crippen molar-refractivity contribution in [3.63, 3.8) is 0 Å². The molecule has 2 aliphatic heterocycles. The molecule has 0 aromatic heterocycles. The van der Waals surface area contributed by atoms with Crippen molar-refractivity contribution < 1.29 is 28.9 Å². The van der Waals surface area contributed by atoms with Gasteiger partial charge in [-0.25, -0.2) is 0 Å². The summed E-state index contributed by atoms with van der Waals surface area (Å²) in [4.78, 5) is 28.9. The average Bonchev–Trinajstić information content (AvgIpc) is 3.45. The van der Waals surface area contributed by atoms with Crippen LogP contribution in [-0.4, -0.2) is 72.1 Å². The maximum absolute atomic E-state index is 13.6. The van der Waals surface area contributed by atoms with Gasteiger partial charge in [0.05, 0.1) is 24.2 Å². The second kappa shape index (κ2) is 10.9. The Bertz CT molecular complexity index is 1000. The van der Waals surface area contributed by atoms with E-state index in [0.717, 1.165) is 71.0 Å². The first-order valence-corrected chi connectivity index (χ1v) is 16.8. The summed E-state index contributed by atoms with van der Waals surface area (Å²) in [6, 6.07) is 0. The second-order valence-corrected chi connectivity index (χ2v) is 16.1. The van der Waals surface area contributed by atoms with E-state index < -0.39 is 11.4 Å². The molecule has 0 radical (unpaired) electrons. The Morgan fingerprint density at radius 2 is 1.61 bits per heavy atom. The van der Waals surface area contributed by atoms with Gasteiger partial charge in [-0.2, -0.15) is 0 Å². The first-order valence-electron chi connectivity index (χ1n) is 16.8. The normalized spacial score (nSPS) is 46.4. The van der Waals surface area contributed by atoms with Gasteiger partial charge in [-0.3, -0.25) is 9.59 Å². The van der Waals surface area contributed by atoms with Crippen LogP contribution in [0.15, 0.2) is 0 Å². The Hall–Kier alpha value is -1.02. The zero-order valence-corrected chi connectivity index (χ0v) is 26.3. The minimum absolute atomic E-state index is 0.0126. The third kappa shape index (κ3) is 5.67. The first kappa shape index (κ1) is 30.0. The molecule has 0 aromatic carbocycles. The molecule has 7 heteroatoms. The van der Waals surface area contributed by atoms with Crippen molar-refractivity contribution in [1.29, 1.82) is 0 Å². The van der Waals surface area contributed by atoms with E-state index >= 15 is 0 Å². The Morgan fingerprint density at radius 1 is 0.878 bits per heavy atom. The van der Waals surface area contributed by atoms with Crippen LogP contribution < -0.4 is 0 Å². The lowest BCUT2D eigenvalue weighted by Gasteiger charge is -2.61. The van der Waals surface area contributed by atoms with Gasteiger partial charge in [0.1, 0.15) is 6.61 Å². The molecule has 3 unspecified atom stereocenters. The van der Waals surface area contributed by atoms with Crippen LogP contribution in [0.4, 0.5) is 0 Å². The number of likely N-dealkylation sites (tertiary alicyclic amines) is 1. The zero-order chi connectivity index (χ0) is 29.2. The maximum atomic E-state index is 13.6. The topological polar surface area (TPSA) is 85.3 Å². The number of ketones is 1. The van der Waals surface area contributed by atoms with E-state index in [4.69, 9.17) is 14.2 Å². The molecule has 4 aliphatic carbocycles. The lowest BCUT2D eigenvalue weighted by molar-refractivity contribution is -0.159. The average molecular weight is 574 g/mol. The number of Topliss-reactive ketones (excluding diaryl/α,β-unsaturated/α-hetero) is 1. The maximum Gasteiger partial charge on any atom is 0.309 e. The van der Waals surface area contributed by atoms with Crippen LogP contribution in [0.5, 0.6) is 0 Å². The van der Waals surface area contributed by atoms with Gasteiger partial charge in [0.15, 0.2) is 11.6 Å². The lowest BCUT2D eigenvalue weighted by Crippen LogP contribution is -2.55. The van der Waals surface area contributed by atoms with Crippen molar-refractivity contribution in [3.05, 3.63) is 0 Å². The third-order valence-electron chi connectivity index (χ3n) is 13.1. The molecule has 0 aromatic rings. The summed E-state index contributed by atoms with van der Waals surface area (Å²) in [6.45, 7) is 13.9. The molecule has 6 rings (SSSR count). The van der Waals surface area contributed by atoms with Crippen molar-refractivity contribution in [2.24, 2.45) is 46.3 Å².